The average molecular weight is 243 g/mol. The lowest BCUT2D eigenvalue weighted by Gasteiger charge is -2.13. The fourth-order valence-electron chi connectivity index (χ4n) is 2.84. The molecule has 1 N–H and O–H groups in total. The van der Waals surface area contributed by atoms with Crippen LogP contribution < -0.4 is 4.74 Å². The van der Waals surface area contributed by atoms with Crippen LogP contribution in [0.4, 0.5) is 0 Å². The van der Waals surface area contributed by atoms with Crippen LogP contribution >= 0.6 is 0 Å². The number of pyridine rings is 1. The minimum atomic E-state index is 0.322. The number of hydrogen-bond acceptors (Lipinski definition) is 3. The molecule has 94 valence electrons. The van der Waals surface area contributed by atoms with Gasteiger partial charge in [-0.15, -0.1) is 0 Å². The molecule has 1 heterocycles. The van der Waals surface area contributed by atoms with E-state index in [1.807, 2.05) is 18.2 Å². The molecule has 1 saturated carbocycles. The third-order valence-corrected chi connectivity index (χ3v) is 3.78. The fraction of sp³-hybridized carbons (Fsp3) is 0.400. The van der Waals surface area contributed by atoms with Gasteiger partial charge in [0.1, 0.15) is 17.0 Å². The Morgan fingerprint density at radius 1 is 1.28 bits per heavy atom. The van der Waals surface area contributed by atoms with Crippen molar-refractivity contribution < 1.29 is 9.84 Å². The topological polar surface area (TPSA) is 42.4 Å². The van der Waals surface area contributed by atoms with E-state index >= 15 is 0 Å². The number of benzene rings is 1. The molecular weight excluding hydrogens is 226 g/mol. The van der Waals surface area contributed by atoms with Crippen molar-refractivity contribution in [2.24, 2.45) is 0 Å². The predicted molar refractivity (Wildman–Crippen MR) is 71.2 cm³/mol. The lowest BCUT2D eigenvalue weighted by atomic mass is 10.0. The van der Waals surface area contributed by atoms with Gasteiger partial charge in [-0.2, -0.15) is 0 Å². The van der Waals surface area contributed by atoms with Gasteiger partial charge in [0.2, 0.25) is 0 Å². The molecular formula is C15H17NO2. The molecule has 3 rings (SSSR count). The van der Waals surface area contributed by atoms with Gasteiger partial charge in [-0.25, -0.2) is 4.98 Å². The van der Waals surface area contributed by atoms with Crippen LogP contribution in [-0.2, 0) is 0 Å². The first-order valence-corrected chi connectivity index (χ1v) is 6.46. The molecule has 0 amide bonds. The summed E-state index contributed by atoms with van der Waals surface area (Å²) in [4.78, 5) is 4.65. The van der Waals surface area contributed by atoms with Crippen LogP contribution in [0.1, 0.15) is 37.3 Å². The Morgan fingerprint density at radius 2 is 2.06 bits per heavy atom. The molecule has 0 atom stereocenters. The van der Waals surface area contributed by atoms with Crippen molar-refractivity contribution in [1.29, 1.82) is 0 Å². The summed E-state index contributed by atoms with van der Waals surface area (Å²) in [6.45, 7) is 0. The Hall–Kier alpha value is -1.77. The number of para-hydroxylation sites is 1. The normalized spacial score (nSPS) is 16.3. The highest BCUT2D eigenvalue weighted by atomic mass is 16.5. The molecule has 1 aliphatic rings. The van der Waals surface area contributed by atoms with Crippen molar-refractivity contribution >= 4 is 10.9 Å². The Bertz CT molecular complexity index is 574. The Labute approximate surface area is 106 Å². The number of methoxy groups -OCH3 is 1. The lowest BCUT2D eigenvalue weighted by Crippen LogP contribution is -1.98. The van der Waals surface area contributed by atoms with E-state index in [4.69, 9.17) is 4.74 Å². The first-order chi connectivity index (χ1) is 8.79. The van der Waals surface area contributed by atoms with Crippen LogP contribution in [-0.4, -0.2) is 17.2 Å². The van der Waals surface area contributed by atoms with E-state index < -0.39 is 0 Å². The monoisotopic (exact) mass is 243 g/mol. The standard InChI is InChI=1S/C15H17NO2/c1-18-13-8-4-7-11-9-12(17)14(16-15(11)13)10-5-2-3-6-10/h4,7-10,17H,2-3,5-6H2,1H3. The van der Waals surface area contributed by atoms with E-state index in [0.717, 1.165) is 35.2 Å². The molecule has 0 spiro atoms. The molecule has 1 aromatic heterocycles. The summed E-state index contributed by atoms with van der Waals surface area (Å²) in [5.74, 6) is 1.49. The number of aromatic nitrogens is 1. The molecule has 0 unspecified atom stereocenters. The highest BCUT2D eigenvalue weighted by molar-refractivity contribution is 5.86. The zero-order valence-corrected chi connectivity index (χ0v) is 10.5. The van der Waals surface area contributed by atoms with Gasteiger partial charge < -0.3 is 9.84 Å². The quantitative estimate of drug-likeness (QED) is 0.876. The number of hydrogen-bond donors (Lipinski definition) is 1. The summed E-state index contributed by atoms with van der Waals surface area (Å²) in [6.07, 6.45) is 4.72. The fourth-order valence-corrected chi connectivity index (χ4v) is 2.84. The zero-order chi connectivity index (χ0) is 12.5. The highest BCUT2D eigenvalue weighted by Crippen LogP contribution is 2.39. The van der Waals surface area contributed by atoms with Gasteiger partial charge in [0.05, 0.1) is 12.8 Å². The van der Waals surface area contributed by atoms with Crippen molar-refractivity contribution in [2.75, 3.05) is 7.11 Å². The van der Waals surface area contributed by atoms with Crippen LogP contribution in [0, 0.1) is 0 Å². The molecule has 0 radical (unpaired) electrons. The largest absolute Gasteiger partial charge is 0.506 e. The Balaban J connectivity index is 2.17. The highest BCUT2D eigenvalue weighted by Gasteiger charge is 2.22. The van der Waals surface area contributed by atoms with Crippen LogP contribution in [0.25, 0.3) is 10.9 Å². The number of rotatable bonds is 2. The molecule has 1 fully saturated rings. The maximum absolute atomic E-state index is 10.1. The van der Waals surface area contributed by atoms with Gasteiger partial charge in [-0.3, -0.25) is 0 Å². The number of aromatic hydroxyl groups is 1. The Morgan fingerprint density at radius 3 is 2.78 bits per heavy atom. The summed E-state index contributed by atoms with van der Waals surface area (Å²) < 4.78 is 5.34. The van der Waals surface area contributed by atoms with E-state index in [0.29, 0.717) is 11.7 Å². The first kappa shape index (κ1) is 11.3. The summed E-state index contributed by atoms with van der Waals surface area (Å²) in [6, 6.07) is 7.57. The van der Waals surface area contributed by atoms with Gasteiger partial charge in [-0.05, 0) is 25.0 Å². The van der Waals surface area contributed by atoms with Crippen LogP contribution in [0.5, 0.6) is 11.5 Å². The molecule has 1 aliphatic carbocycles. The zero-order valence-electron chi connectivity index (χ0n) is 10.5. The average Bonchev–Trinajstić information content (AvgIpc) is 2.90. The molecule has 1 aromatic carbocycles. The molecule has 3 heteroatoms. The van der Waals surface area contributed by atoms with Gasteiger partial charge in [0.25, 0.3) is 0 Å². The summed E-state index contributed by atoms with van der Waals surface area (Å²) >= 11 is 0. The molecule has 2 aromatic rings. The van der Waals surface area contributed by atoms with Crippen molar-refractivity contribution in [3.05, 3.63) is 30.0 Å². The maximum atomic E-state index is 10.1. The van der Waals surface area contributed by atoms with Crippen molar-refractivity contribution in [3.63, 3.8) is 0 Å². The molecule has 0 bridgehead atoms. The van der Waals surface area contributed by atoms with Gasteiger partial charge >= 0.3 is 0 Å². The second-order valence-corrected chi connectivity index (χ2v) is 4.91. The van der Waals surface area contributed by atoms with E-state index in [-0.39, 0.29) is 0 Å². The number of fused-ring (bicyclic) bond motifs is 1. The summed E-state index contributed by atoms with van der Waals surface area (Å²) in [5, 5.41) is 11.1. The number of nitrogens with zero attached hydrogens (tertiary/aromatic N) is 1. The van der Waals surface area contributed by atoms with Crippen LogP contribution in [0.15, 0.2) is 24.3 Å². The minimum Gasteiger partial charge on any atom is -0.506 e. The second kappa shape index (κ2) is 4.48. The molecule has 0 aliphatic heterocycles. The smallest absolute Gasteiger partial charge is 0.145 e. The van der Waals surface area contributed by atoms with Crippen molar-refractivity contribution in [3.8, 4) is 11.5 Å². The van der Waals surface area contributed by atoms with E-state index in [1.54, 1.807) is 13.2 Å². The number of ether oxygens (including phenoxy) is 1. The lowest BCUT2D eigenvalue weighted by molar-refractivity contribution is 0.418. The molecule has 0 saturated heterocycles. The second-order valence-electron chi connectivity index (χ2n) is 4.91. The van der Waals surface area contributed by atoms with Gasteiger partial charge in [-0.1, -0.05) is 25.0 Å². The summed E-state index contributed by atoms with van der Waals surface area (Å²) in [5.41, 5.74) is 1.68. The first-order valence-electron chi connectivity index (χ1n) is 6.46. The third kappa shape index (κ3) is 1.80. The van der Waals surface area contributed by atoms with E-state index in [1.165, 1.54) is 12.8 Å². The van der Waals surface area contributed by atoms with Crippen molar-refractivity contribution in [2.45, 2.75) is 31.6 Å². The minimum absolute atomic E-state index is 0.322. The van der Waals surface area contributed by atoms with Gasteiger partial charge in [0, 0.05) is 11.3 Å². The van der Waals surface area contributed by atoms with E-state index in [2.05, 4.69) is 4.98 Å². The maximum Gasteiger partial charge on any atom is 0.145 e. The van der Waals surface area contributed by atoms with Crippen LogP contribution in [0.2, 0.25) is 0 Å². The van der Waals surface area contributed by atoms with Crippen molar-refractivity contribution in [1.82, 2.24) is 4.98 Å². The third-order valence-electron chi connectivity index (χ3n) is 3.78. The van der Waals surface area contributed by atoms with Gasteiger partial charge in [0.15, 0.2) is 0 Å². The molecule has 3 nitrogen and oxygen atoms in total. The molecule has 18 heavy (non-hydrogen) atoms. The Kier molecular flexibility index (Phi) is 2.82. The predicted octanol–water partition coefficient (Wildman–Crippen LogP) is 3.61. The van der Waals surface area contributed by atoms with E-state index in [9.17, 15) is 5.11 Å². The summed E-state index contributed by atoms with van der Waals surface area (Å²) in [7, 11) is 1.65. The van der Waals surface area contributed by atoms with Crippen LogP contribution in [0.3, 0.4) is 0 Å². The SMILES string of the molecule is COc1cccc2cc(O)c(C3CCCC3)nc12.